The molecule has 0 spiro atoms. The lowest BCUT2D eigenvalue weighted by Crippen LogP contribution is -2.44. The maximum Gasteiger partial charge on any atom is 0.410 e. The number of carboxylic acids is 1. The molecule has 7 heteroatoms. The number of likely N-dealkylation sites (tertiary alicyclic amines) is 1. The van der Waals surface area contributed by atoms with Crippen LogP contribution in [0, 0.1) is 0 Å². The molecule has 0 aliphatic carbocycles. The highest BCUT2D eigenvalue weighted by Gasteiger charge is 2.27. The van der Waals surface area contributed by atoms with Gasteiger partial charge in [0.25, 0.3) is 0 Å². The molecule has 0 aromatic carbocycles. The maximum atomic E-state index is 12.0. The molecular formula is C16H23N3O4. The van der Waals surface area contributed by atoms with E-state index >= 15 is 0 Å². The van der Waals surface area contributed by atoms with Gasteiger partial charge in [0.15, 0.2) is 0 Å². The molecule has 1 aromatic rings. The molecule has 0 atom stereocenters. The molecule has 0 radical (unpaired) electrons. The third-order valence-corrected chi connectivity index (χ3v) is 3.56. The molecule has 126 valence electrons. The van der Waals surface area contributed by atoms with Crippen LogP contribution < -0.4 is 5.32 Å². The number of amides is 1. The number of nitrogens with zero attached hydrogens (tertiary/aromatic N) is 2. The molecule has 2 N–H and O–H groups in total. The van der Waals surface area contributed by atoms with Crippen molar-refractivity contribution >= 4 is 17.7 Å². The normalized spacial score (nSPS) is 16.0. The van der Waals surface area contributed by atoms with Gasteiger partial charge in [0.1, 0.15) is 5.60 Å². The number of aromatic nitrogens is 1. The van der Waals surface area contributed by atoms with Gasteiger partial charge in [-0.1, -0.05) is 0 Å². The lowest BCUT2D eigenvalue weighted by molar-refractivity contribution is 0.0210. The van der Waals surface area contributed by atoms with Gasteiger partial charge in [0.2, 0.25) is 0 Å². The van der Waals surface area contributed by atoms with E-state index in [9.17, 15) is 14.7 Å². The van der Waals surface area contributed by atoms with Gasteiger partial charge in [0, 0.05) is 25.3 Å². The van der Waals surface area contributed by atoms with Crippen LogP contribution in [0.2, 0.25) is 0 Å². The third kappa shape index (κ3) is 4.84. The average Bonchev–Trinajstić information content (AvgIpc) is 2.46. The number of pyridine rings is 1. The van der Waals surface area contributed by atoms with E-state index in [1.54, 1.807) is 4.90 Å². The zero-order chi connectivity index (χ0) is 17.0. The van der Waals surface area contributed by atoms with E-state index in [0.29, 0.717) is 18.8 Å². The number of piperidine rings is 1. The summed E-state index contributed by atoms with van der Waals surface area (Å²) in [5.74, 6) is -0.985. The monoisotopic (exact) mass is 321 g/mol. The molecule has 1 saturated heterocycles. The third-order valence-electron chi connectivity index (χ3n) is 3.56. The van der Waals surface area contributed by atoms with E-state index in [-0.39, 0.29) is 17.7 Å². The minimum Gasteiger partial charge on any atom is -0.478 e. The van der Waals surface area contributed by atoms with Crippen LogP contribution in [0.3, 0.4) is 0 Å². The number of rotatable bonds is 3. The van der Waals surface area contributed by atoms with Crippen molar-refractivity contribution < 1.29 is 19.4 Å². The summed E-state index contributed by atoms with van der Waals surface area (Å²) >= 11 is 0. The van der Waals surface area contributed by atoms with E-state index in [1.165, 1.54) is 18.5 Å². The number of nitrogens with one attached hydrogen (secondary N) is 1. The first-order valence-electron chi connectivity index (χ1n) is 7.68. The molecule has 23 heavy (non-hydrogen) atoms. The minimum absolute atomic E-state index is 0.107. The van der Waals surface area contributed by atoms with E-state index in [4.69, 9.17) is 4.74 Å². The average molecular weight is 321 g/mol. The molecule has 1 aliphatic heterocycles. The van der Waals surface area contributed by atoms with Crippen LogP contribution in [0.1, 0.15) is 44.0 Å². The summed E-state index contributed by atoms with van der Waals surface area (Å²) in [6.07, 6.45) is 4.13. The Bertz CT molecular complexity index is 575. The van der Waals surface area contributed by atoms with Crippen molar-refractivity contribution in [1.82, 2.24) is 9.88 Å². The molecule has 1 amide bonds. The second-order valence-corrected chi connectivity index (χ2v) is 6.61. The number of carboxylic acid groups (broad SMARTS) is 1. The maximum absolute atomic E-state index is 12.0. The zero-order valence-electron chi connectivity index (χ0n) is 13.7. The van der Waals surface area contributed by atoms with Crippen LogP contribution >= 0.6 is 0 Å². The molecule has 1 fully saturated rings. The Morgan fingerprint density at radius 3 is 2.57 bits per heavy atom. The van der Waals surface area contributed by atoms with Crippen molar-refractivity contribution in [3.63, 3.8) is 0 Å². The Balaban J connectivity index is 1.91. The Hall–Kier alpha value is -2.31. The Morgan fingerprint density at radius 1 is 1.35 bits per heavy atom. The number of aromatic carboxylic acids is 1. The first-order chi connectivity index (χ1) is 10.8. The van der Waals surface area contributed by atoms with Gasteiger partial charge >= 0.3 is 12.1 Å². The topological polar surface area (TPSA) is 91.8 Å². The Kier molecular flexibility index (Phi) is 5.08. The standard InChI is InChI=1S/C16H23N3O4/c1-16(2,3)23-15(22)19-8-5-11(6-9-19)18-13-10-17-7-4-12(13)14(20)21/h4,7,10-11,18H,5-6,8-9H2,1-3H3,(H,20,21). The Morgan fingerprint density at radius 2 is 2.00 bits per heavy atom. The number of hydrogen-bond acceptors (Lipinski definition) is 5. The van der Waals surface area contributed by atoms with Crippen LogP contribution in [-0.4, -0.2) is 51.8 Å². The second kappa shape index (κ2) is 6.85. The van der Waals surface area contributed by atoms with E-state index in [1.807, 2.05) is 20.8 Å². The van der Waals surface area contributed by atoms with Crippen molar-refractivity contribution in [2.24, 2.45) is 0 Å². The lowest BCUT2D eigenvalue weighted by Gasteiger charge is -2.34. The van der Waals surface area contributed by atoms with Gasteiger partial charge in [-0.15, -0.1) is 0 Å². The predicted octanol–water partition coefficient (Wildman–Crippen LogP) is 2.59. The van der Waals surface area contributed by atoms with Gasteiger partial charge in [-0.25, -0.2) is 9.59 Å². The number of ether oxygens (including phenoxy) is 1. The summed E-state index contributed by atoms with van der Waals surface area (Å²) in [5.41, 5.74) is 0.212. The molecule has 1 aliphatic rings. The number of carbonyl (C=O) groups is 2. The van der Waals surface area contributed by atoms with E-state index in [2.05, 4.69) is 10.3 Å². The van der Waals surface area contributed by atoms with Gasteiger partial charge in [-0.2, -0.15) is 0 Å². The van der Waals surface area contributed by atoms with Crippen molar-refractivity contribution in [3.8, 4) is 0 Å². The molecule has 7 nitrogen and oxygen atoms in total. The van der Waals surface area contributed by atoms with E-state index in [0.717, 1.165) is 12.8 Å². The van der Waals surface area contributed by atoms with Gasteiger partial charge in [-0.3, -0.25) is 4.98 Å². The van der Waals surface area contributed by atoms with Gasteiger partial charge in [0.05, 0.1) is 17.4 Å². The van der Waals surface area contributed by atoms with Crippen LogP contribution in [0.15, 0.2) is 18.5 Å². The molecule has 2 rings (SSSR count). The van der Waals surface area contributed by atoms with Crippen molar-refractivity contribution in [3.05, 3.63) is 24.0 Å². The largest absolute Gasteiger partial charge is 0.478 e. The summed E-state index contributed by atoms with van der Waals surface area (Å²) in [7, 11) is 0. The van der Waals surface area contributed by atoms with Crippen LogP contribution in [-0.2, 0) is 4.74 Å². The molecule has 0 unspecified atom stereocenters. The summed E-state index contributed by atoms with van der Waals surface area (Å²) < 4.78 is 5.36. The molecule has 1 aromatic heterocycles. The number of hydrogen-bond donors (Lipinski definition) is 2. The molecular weight excluding hydrogens is 298 g/mol. The quantitative estimate of drug-likeness (QED) is 0.889. The lowest BCUT2D eigenvalue weighted by atomic mass is 10.0. The zero-order valence-corrected chi connectivity index (χ0v) is 13.7. The first kappa shape index (κ1) is 17.1. The molecule has 2 heterocycles. The minimum atomic E-state index is -0.985. The van der Waals surface area contributed by atoms with Crippen LogP contribution in [0.4, 0.5) is 10.5 Å². The fourth-order valence-corrected chi connectivity index (χ4v) is 2.45. The second-order valence-electron chi connectivity index (χ2n) is 6.61. The SMILES string of the molecule is CC(C)(C)OC(=O)N1CCC(Nc2cnccc2C(=O)O)CC1. The van der Waals surface area contributed by atoms with Crippen molar-refractivity contribution in [2.75, 3.05) is 18.4 Å². The smallest absolute Gasteiger partial charge is 0.410 e. The highest BCUT2D eigenvalue weighted by Crippen LogP contribution is 2.21. The predicted molar refractivity (Wildman–Crippen MR) is 85.6 cm³/mol. The van der Waals surface area contributed by atoms with Gasteiger partial charge in [-0.05, 0) is 39.7 Å². The highest BCUT2D eigenvalue weighted by molar-refractivity contribution is 5.93. The van der Waals surface area contributed by atoms with Crippen molar-refractivity contribution in [2.45, 2.75) is 45.3 Å². The fourth-order valence-electron chi connectivity index (χ4n) is 2.45. The van der Waals surface area contributed by atoms with Crippen molar-refractivity contribution in [1.29, 1.82) is 0 Å². The summed E-state index contributed by atoms with van der Waals surface area (Å²) in [5, 5.41) is 12.4. The van der Waals surface area contributed by atoms with Gasteiger partial charge < -0.3 is 20.1 Å². The number of carbonyl (C=O) groups excluding carboxylic acids is 1. The molecule has 0 saturated carbocycles. The summed E-state index contributed by atoms with van der Waals surface area (Å²) in [6, 6.07) is 1.58. The molecule has 0 bridgehead atoms. The number of anilines is 1. The highest BCUT2D eigenvalue weighted by atomic mass is 16.6. The fraction of sp³-hybridized carbons (Fsp3) is 0.562. The van der Waals surface area contributed by atoms with E-state index < -0.39 is 11.6 Å². The first-order valence-corrected chi connectivity index (χ1v) is 7.68. The summed E-state index contributed by atoms with van der Waals surface area (Å²) in [6.45, 7) is 6.68. The van der Waals surface area contributed by atoms with Crippen LogP contribution in [0.25, 0.3) is 0 Å². The Labute approximate surface area is 135 Å². The summed E-state index contributed by atoms with van der Waals surface area (Å²) in [4.78, 5) is 28.9. The van der Waals surface area contributed by atoms with Crippen LogP contribution in [0.5, 0.6) is 0 Å².